The van der Waals surface area contributed by atoms with E-state index in [9.17, 15) is 9.18 Å². The van der Waals surface area contributed by atoms with Gasteiger partial charge in [0.25, 0.3) is 5.91 Å². The van der Waals surface area contributed by atoms with Gasteiger partial charge in [-0.15, -0.1) is 0 Å². The minimum absolute atomic E-state index is 0.0452. The summed E-state index contributed by atoms with van der Waals surface area (Å²) in [7, 11) is 1.56. The number of carbonyl (C=O) groups excluding carboxylic acids is 1. The smallest absolute Gasteiger partial charge is 0.255 e. The van der Waals surface area contributed by atoms with Crippen molar-refractivity contribution in [3.05, 3.63) is 64.9 Å². The number of halogens is 1. The summed E-state index contributed by atoms with van der Waals surface area (Å²) in [5.41, 5.74) is 3.56. The van der Waals surface area contributed by atoms with Crippen LogP contribution in [0.15, 0.2) is 47.3 Å². The Morgan fingerprint density at radius 1 is 1.35 bits per heavy atom. The predicted molar refractivity (Wildman–Crippen MR) is 124 cm³/mol. The lowest BCUT2D eigenvalue weighted by atomic mass is 10.0. The zero-order valence-corrected chi connectivity index (χ0v) is 19.2. The van der Waals surface area contributed by atoms with E-state index in [4.69, 9.17) is 9.15 Å². The number of ether oxygens (including phenoxy) is 1. The zero-order chi connectivity index (χ0) is 23.1. The molecule has 6 heteroatoms. The molecular formula is C25H33FN2O3. The van der Waals surface area contributed by atoms with Crippen LogP contribution in [-0.2, 0) is 4.74 Å². The van der Waals surface area contributed by atoms with Gasteiger partial charge in [0.1, 0.15) is 17.0 Å². The Hall–Kier alpha value is -2.86. The van der Waals surface area contributed by atoms with Crippen LogP contribution >= 0.6 is 0 Å². The fraction of sp³-hybridized carbons (Fsp3) is 0.400. The molecule has 1 aromatic heterocycles. The van der Waals surface area contributed by atoms with Crippen LogP contribution in [-0.4, -0.2) is 43.7 Å². The second kappa shape index (κ2) is 11.0. The van der Waals surface area contributed by atoms with E-state index in [0.717, 1.165) is 24.1 Å². The van der Waals surface area contributed by atoms with Crippen molar-refractivity contribution < 1.29 is 18.3 Å². The van der Waals surface area contributed by atoms with Crippen LogP contribution in [0.25, 0.3) is 17.2 Å². The second-order valence-electron chi connectivity index (χ2n) is 7.57. The lowest BCUT2D eigenvalue weighted by Crippen LogP contribution is -2.33. The number of hydrogen-bond acceptors (Lipinski definition) is 4. The summed E-state index contributed by atoms with van der Waals surface area (Å²) >= 11 is 0. The summed E-state index contributed by atoms with van der Waals surface area (Å²) in [6, 6.07) is 0. The molecule has 1 aromatic rings. The molecule has 1 amide bonds. The van der Waals surface area contributed by atoms with Gasteiger partial charge in [0, 0.05) is 42.7 Å². The Labute approximate surface area is 183 Å². The van der Waals surface area contributed by atoms with Crippen LogP contribution in [0.3, 0.4) is 0 Å². The Balaban J connectivity index is 2.85. The molecule has 0 atom stereocenters. The normalized spacial score (nSPS) is 16.4. The van der Waals surface area contributed by atoms with Crippen LogP contribution < -0.4 is 16.0 Å². The monoisotopic (exact) mass is 428 g/mol. The van der Waals surface area contributed by atoms with Crippen molar-refractivity contribution >= 4 is 23.1 Å². The first-order chi connectivity index (χ1) is 14.7. The van der Waals surface area contributed by atoms with Gasteiger partial charge in [-0.2, -0.15) is 0 Å². The number of rotatable bonds is 9. The third-order valence-electron chi connectivity index (χ3n) is 5.02. The third kappa shape index (κ3) is 5.85. The van der Waals surface area contributed by atoms with Crippen molar-refractivity contribution in [1.29, 1.82) is 0 Å². The number of allylic oxidation sites excluding steroid dienone is 4. The van der Waals surface area contributed by atoms with Crippen molar-refractivity contribution in [2.75, 3.05) is 26.7 Å². The molecule has 31 heavy (non-hydrogen) atoms. The molecule has 0 spiro atoms. The van der Waals surface area contributed by atoms with Crippen molar-refractivity contribution in [3.63, 3.8) is 0 Å². The van der Waals surface area contributed by atoms with Gasteiger partial charge in [-0.05, 0) is 51.0 Å². The minimum atomic E-state index is -0.605. The van der Waals surface area contributed by atoms with Crippen LogP contribution in [0, 0.1) is 0 Å². The average molecular weight is 429 g/mol. The van der Waals surface area contributed by atoms with E-state index >= 15 is 0 Å². The Bertz CT molecular complexity index is 1030. The molecule has 0 aromatic carbocycles. The van der Waals surface area contributed by atoms with Crippen LogP contribution in [0.5, 0.6) is 0 Å². The van der Waals surface area contributed by atoms with Crippen molar-refractivity contribution in [3.8, 4) is 0 Å². The van der Waals surface area contributed by atoms with Crippen molar-refractivity contribution in [2.24, 2.45) is 0 Å². The fourth-order valence-corrected chi connectivity index (χ4v) is 3.40. The van der Waals surface area contributed by atoms with E-state index in [1.807, 2.05) is 19.9 Å². The zero-order valence-electron chi connectivity index (χ0n) is 19.2. The van der Waals surface area contributed by atoms with E-state index in [1.54, 1.807) is 7.05 Å². The molecule has 168 valence electrons. The number of furan rings is 1. The SMILES string of the molecule is C=C(F)/C=C\C(=C)c1oc(=C2/CN(CC)C=C2CC)/c(=C\COC(C)C)c1C(=O)NC. The molecule has 1 aliphatic rings. The largest absolute Gasteiger partial charge is 0.455 e. The summed E-state index contributed by atoms with van der Waals surface area (Å²) < 4.78 is 25.2. The molecule has 2 rings (SSSR count). The number of carbonyl (C=O) groups is 1. The molecule has 2 heterocycles. The van der Waals surface area contributed by atoms with Gasteiger partial charge in [-0.25, -0.2) is 4.39 Å². The molecule has 0 fully saturated rings. The molecule has 0 saturated heterocycles. The van der Waals surface area contributed by atoms with Crippen LogP contribution in [0.4, 0.5) is 4.39 Å². The third-order valence-corrected chi connectivity index (χ3v) is 5.02. The summed E-state index contributed by atoms with van der Waals surface area (Å²) in [6.45, 7) is 17.2. The Kier molecular flexibility index (Phi) is 8.63. The Morgan fingerprint density at radius 2 is 2.06 bits per heavy atom. The Morgan fingerprint density at radius 3 is 2.61 bits per heavy atom. The quantitative estimate of drug-likeness (QED) is 0.610. The van der Waals surface area contributed by atoms with Gasteiger partial charge in [0.15, 0.2) is 0 Å². The van der Waals surface area contributed by atoms with E-state index in [1.165, 1.54) is 12.2 Å². The summed E-state index contributed by atoms with van der Waals surface area (Å²) in [4.78, 5) is 15.1. The van der Waals surface area contributed by atoms with E-state index in [2.05, 4.69) is 43.4 Å². The first-order valence-corrected chi connectivity index (χ1v) is 10.6. The van der Waals surface area contributed by atoms with Crippen molar-refractivity contribution in [2.45, 2.75) is 40.2 Å². The van der Waals surface area contributed by atoms with E-state index in [-0.39, 0.29) is 12.0 Å². The highest BCUT2D eigenvalue weighted by Crippen LogP contribution is 2.24. The topological polar surface area (TPSA) is 54.7 Å². The highest BCUT2D eigenvalue weighted by molar-refractivity contribution is 5.99. The molecule has 0 unspecified atom stereocenters. The minimum Gasteiger partial charge on any atom is -0.455 e. The molecular weight excluding hydrogens is 395 g/mol. The first kappa shape index (κ1) is 24.4. The fourth-order valence-electron chi connectivity index (χ4n) is 3.40. The average Bonchev–Trinajstić information content (AvgIpc) is 3.32. The number of amides is 1. The molecule has 5 nitrogen and oxygen atoms in total. The molecule has 0 bridgehead atoms. The summed E-state index contributed by atoms with van der Waals surface area (Å²) in [5, 5.41) is 3.34. The van der Waals surface area contributed by atoms with E-state index in [0.29, 0.717) is 40.7 Å². The highest BCUT2D eigenvalue weighted by Gasteiger charge is 2.24. The summed E-state index contributed by atoms with van der Waals surface area (Å²) in [5.74, 6) is -0.602. The van der Waals surface area contributed by atoms with Crippen LogP contribution in [0.2, 0.25) is 0 Å². The molecule has 0 aliphatic carbocycles. The van der Waals surface area contributed by atoms with E-state index < -0.39 is 5.83 Å². The molecule has 1 N–H and O–H groups in total. The molecule has 0 saturated carbocycles. The maximum atomic E-state index is 13.2. The second-order valence-corrected chi connectivity index (χ2v) is 7.57. The van der Waals surface area contributed by atoms with Gasteiger partial charge in [0.05, 0.1) is 18.3 Å². The van der Waals surface area contributed by atoms with Gasteiger partial charge < -0.3 is 19.4 Å². The standard InChI is InChI=1S/C25H33FN2O3/c1-8-19-14-28(9-2)15-21(19)24-20(12-13-30-16(3)4)22(25(29)27-7)23(31-24)17(5)10-11-18(6)26/h10-12,14,16H,5-6,8-9,13,15H2,1-4,7H3,(H,27,29)/b11-10-,20-12-,24-21-. The molecule has 1 aliphatic heterocycles. The lowest BCUT2D eigenvalue weighted by molar-refractivity contribution is 0.0961. The maximum absolute atomic E-state index is 13.2. The molecule has 0 radical (unpaired) electrons. The van der Waals surface area contributed by atoms with Crippen molar-refractivity contribution in [1.82, 2.24) is 10.2 Å². The lowest BCUT2D eigenvalue weighted by Gasteiger charge is -2.10. The summed E-state index contributed by atoms with van der Waals surface area (Å²) in [6.07, 6.45) is 7.54. The highest BCUT2D eigenvalue weighted by atomic mass is 19.1. The van der Waals surface area contributed by atoms with Gasteiger partial charge in [-0.3, -0.25) is 4.79 Å². The number of nitrogens with one attached hydrogen (secondary N) is 1. The number of hydrogen-bond donors (Lipinski definition) is 1. The van der Waals surface area contributed by atoms with Crippen LogP contribution in [0.1, 0.15) is 50.2 Å². The first-order valence-electron chi connectivity index (χ1n) is 10.6. The maximum Gasteiger partial charge on any atom is 0.255 e. The van der Waals surface area contributed by atoms with Gasteiger partial charge in [-0.1, -0.05) is 20.1 Å². The van der Waals surface area contributed by atoms with Gasteiger partial charge in [0.2, 0.25) is 0 Å². The number of nitrogens with zero attached hydrogens (tertiary/aromatic N) is 1. The predicted octanol–water partition coefficient (Wildman–Crippen LogP) is 3.68. The van der Waals surface area contributed by atoms with Gasteiger partial charge >= 0.3 is 0 Å².